The summed E-state index contributed by atoms with van der Waals surface area (Å²) in [4.78, 5) is 12.0. The van der Waals surface area contributed by atoms with E-state index in [4.69, 9.17) is 0 Å². The van der Waals surface area contributed by atoms with Crippen LogP contribution in [0, 0.1) is 6.92 Å². The third-order valence-electron chi connectivity index (χ3n) is 3.14. The van der Waals surface area contributed by atoms with Crippen molar-refractivity contribution in [2.24, 2.45) is 0 Å². The molecule has 0 radical (unpaired) electrons. The third kappa shape index (κ3) is 4.61. The molecule has 0 fully saturated rings. The smallest absolute Gasteiger partial charge is 0.251 e. The molecule has 2 aromatic carbocycles. The van der Waals surface area contributed by atoms with Crippen LogP contribution < -0.4 is 5.32 Å². The number of hydrogen-bond acceptors (Lipinski definition) is 3. The van der Waals surface area contributed by atoms with Gasteiger partial charge in [0, 0.05) is 18.5 Å². The molecule has 0 aliphatic rings. The van der Waals surface area contributed by atoms with Gasteiger partial charge in [0.25, 0.3) is 5.91 Å². The van der Waals surface area contributed by atoms with E-state index in [-0.39, 0.29) is 18.2 Å². The van der Waals surface area contributed by atoms with Gasteiger partial charge in [-0.05, 0) is 36.2 Å². The summed E-state index contributed by atoms with van der Waals surface area (Å²) < 4.78 is 0. The van der Waals surface area contributed by atoms with Crippen molar-refractivity contribution in [3.05, 3.63) is 65.2 Å². The van der Waals surface area contributed by atoms with E-state index >= 15 is 0 Å². The Morgan fingerprint density at radius 3 is 2.57 bits per heavy atom. The number of nitrogens with one attached hydrogen (secondary N) is 1. The van der Waals surface area contributed by atoms with Crippen LogP contribution in [0.2, 0.25) is 0 Å². The number of aliphatic hydroxyl groups is 1. The van der Waals surface area contributed by atoms with Gasteiger partial charge >= 0.3 is 0 Å². The van der Waals surface area contributed by atoms with Crippen LogP contribution in [0.3, 0.4) is 0 Å². The minimum absolute atomic E-state index is 0.0602. The first-order chi connectivity index (χ1) is 10.0. The summed E-state index contributed by atoms with van der Waals surface area (Å²) in [5.41, 5.74) is 2.22. The molecule has 0 bridgehead atoms. The van der Waals surface area contributed by atoms with Crippen LogP contribution in [0.25, 0.3) is 0 Å². The average Bonchev–Trinajstić information content (AvgIpc) is 2.45. The lowest BCUT2D eigenvalue weighted by Crippen LogP contribution is -2.33. The van der Waals surface area contributed by atoms with Crippen molar-refractivity contribution in [2.75, 3.05) is 6.54 Å². The predicted molar refractivity (Wildman–Crippen MR) is 81.3 cm³/mol. The Bertz CT molecular complexity index is 590. The van der Waals surface area contributed by atoms with Crippen LogP contribution in [-0.4, -0.2) is 28.8 Å². The molecule has 2 rings (SSSR count). The van der Waals surface area contributed by atoms with Crippen molar-refractivity contribution in [1.82, 2.24) is 5.32 Å². The molecule has 0 heterocycles. The lowest BCUT2D eigenvalue weighted by Gasteiger charge is -2.12. The van der Waals surface area contributed by atoms with E-state index in [9.17, 15) is 15.0 Å². The Hall–Kier alpha value is -2.33. The van der Waals surface area contributed by atoms with Gasteiger partial charge < -0.3 is 15.5 Å². The molecule has 4 nitrogen and oxygen atoms in total. The fourth-order valence-corrected chi connectivity index (χ4v) is 2.16. The monoisotopic (exact) mass is 285 g/mol. The molecule has 1 atom stereocenters. The van der Waals surface area contributed by atoms with Gasteiger partial charge in [-0.15, -0.1) is 0 Å². The van der Waals surface area contributed by atoms with Crippen molar-refractivity contribution in [3.63, 3.8) is 0 Å². The van der Waals surface area contributed by atoms with Crippen molar-refractivity contribution in [2.45, 2.75) is 19.4 Å². The number of aromatic hydroxyl groups is 1. The van der Waals surface area contributed by atoms with Gasteiger partial charge in [0.2, 0.25) is 0 Å². The lowest BCUT2D eigenvalue weighted by molar-refractivity contribution is 0.0915. The number of benzene rings is 2. The van der Waals surface area contributed by atoms with Crippen LogP contribution >= 0.6 is 0 Å². The molecule has 21 heavy (non-hydrogen) atoms. The zero-order valence-corrected chi connectivity index (χ0v) is 11.9. The van der Waals surface area contributed by atoms with Crippen molar-refractivity contribution in [3.8, 4) is 5.75 Å². The molecule has 0 aromatic heterocycles. The number of hydrogen-bond donors (Lipinski definition) is 3. The molecule has 0 spiro atoms. The zero-order valence-electron chi connectivity index (χ0n) is 11.9. The molecule has 4 heteroatoms. The first-order valence-corrected chi connectivity index (χ1v) is 6.85. The molecule has 1 amide bonds. The van der Waals surface area contributed by atoms with E-state index in [0.717, 1.165) is 11.1 Å². The fourth-order valence-electron chi connectivity index (χ4n) is 2.16. The molecule has 1 unspecified atom stereocenters. The van der Waals surface area contributed by atoms with E-state index in [1.165, 1.54) is 6.07 Å². The van der Waals surface area contributed by atoms with E-state index < -0.39 is 6.10 Å². The largest absolute Gasteiger partial charge is 0.508 e. The second-order valence-corrected chi connectivity index (χ2v) is 5.11. The Labute approximate surface area is 124 Å². The van der Waals surface area contributed by atoms with Gasteiger partial charge in [-0.25, -0.2) is 0 Å². The highest BCUT2D eigenvalue weighted by Gasteiger charge is 2.10. The first kappa shape index (κ1) is 15.1. The van der Waals surface area contributed by atoms with E-state index in [0.29, 0.717) is 12.0 Å². The lowest BCUT2D eigenvalue weighted by atomic mass is 10.1. The summed E-state index contributed by atoms with van der Waals surface area (Å²) in [7, 11) is 0. The van der Waals surface area contributed by atoms with Crippen LogP contribution in [-0.2, 0) is 6.42 Å². The predicted octanol–water partition coefficient (Wildman–Crippen LogP) is 2.03. The summed E-state index contributed by atoms with van der Waals surface area (Å²) in [6, 6.07) is 14.3. The second kappa shape index (κ2) is 6.90. The number of amides is 1. The molecule has 2 aromatic rings. The number of phenols is 1. The van der Waals surface area contributed by atoms with Gasteiger partial charge in [0.05, 0.1) is 6.10 Å². The zero-order chi connectivity index (χ0) is 15.2. The Balaban J connectivity index is 1.88. The highest BCUT2D eigenvalue weighted by Crippen LogP contribution is 2.14. The summed E-state index contributed by atoms with van der Waals surface area (Å²) >= 11 is 0. The Morgan fingerprint density at radius 2 is 1.90 bits per heavy atom. The minimum atomic E-state index is -0.644. The number of carbonyl (C=O) groups is 1. The maximum Gasteiger partial charge on any atom is 0.251 e. The molecular formula is C17H19NO3. The van der Waals surface area contributed by atoms with E-state index in [1.807, 2.05) is 30.3 Å². The fraction of sp³-hybridized carbons (Fsp3) is 0.235. The topological polar surface area (TPSA) is 69.6 Å². The summed E-state index contributed by atoms with van der Waals surface area (Å²) in [6.45, 7) is 1.98. The number of rotatable bonds is 5. The van der Waals surface area contributed by atoms with Crippen LogP contribution in [0.5, 0.6) is 5.75 Å². The van der Waals surface area contributed by atoms with Crippen LogP contribution in [0.1, 0.15) is 21.5 Å². The number of phenolic OH excluding ortho intramolecular Hbond substituents is 1. The van der Waals surface area contributed by atoms with Gasteiger partial charge in [0.1, 0.15) is 5.75 Å². The molecule has 0 aliphatic heterocycles. The summed E-state index contributed by atoms with van der Waals surface area (Å²) in [6.07, 6.45) is -0.157. The molecular weight excluding hydrogens is 266 g/mol. The van der Waals surface area contributed by atoms with Crippen LogP contribution in [0.15, 0.2) is 48.5 Å². The third-order valence-corrected chi connectivity index (χ3v) is 3.14. The van der Waals surface area contributed by atoms with Gasteiger partial charge in [0.15, 0.2) is 0 Å². The van der Waals surface area contributed by atoms with Crippen molar-refractivity contribution in [1.29, 1.82) is 0 Å². The number of aryl methyl sites for hydroxylation is 1. The van der Waals surface area contributed by atoms with E-state index in [1.54, 1.807) is 19.1 Å². The minimum Gasteiger partial charge on any atom is -0.508 e. The maximum absolute atomic E-state index is 12.0. The first-order valence-electron chi connectivity index (χ1n) is 6.85. The average molecular weight is 285 g/mol. The van der Waals surface area contributed by atoms with Gasteiger partial charge in [-0.2, -0.15) is 0 Å². The molecule has 110 valence electrons. The standard InChI is InChI=1S/C17H19NO3/c1-12-7-14(10-15(19)8-12)17(21)18-11-16(20)9-13-5-3-2-4-6-13/h2-8,10,16,19-20H,9,11H2,1H3,(H,18,21). The van der Waals surface area contributed by atoms with Gasteiger partial charge in [-0.1, -0.05) is 30.3 Å². The SMILES string of the molecule is Cc1cc(O)cc(C(=O)NCC(O)Cc2ccccc2)c1. The number of aliphatic hydroxyl groups excluding tert-OH is 1. The van der Waals surface area contributed by atoms with Crippen molar-refractivity contribution < 1.29 is 15.0 Å². The highest BCUT2D eigenvalue weighted by atomic mass is 16.3. The van der Waals surface area contributed by atoms with Crippen LogP contribution in [0.4, 0.5) is 0 Å². The maximum atomic E-state index is 12.0. The van der Waals surface area contributed by atoms with Crippen molar-refractivity contribution >= 4 is 5.91 Å². The highest BCUT2D eigenvalue weighted by molar-refractivity contribution is 5.94. The van der Waals surface area contributed by atoms with E-state index in [2.05, 4.69) is 5.32 Å². The normalized spacial score (nSPS) is 11.9. The molecule has 0 saturated carbocycles. The summed E-state index contributed by atoms with van der Waals surface area (Å²) in [5.74, 6) is -0.244. The quantitative estimate of drug-likeness (QED) is 0.787. The molecule has 0 aliphatic carbocycles. The Morgan fingerprint density at radius 1 is 1.19 bits per heavy atom. The molecule has 0 saturated heterocycles. The molecule has 3 N–H and O–H groups in total. The second-order valence-electron chi connectivity index (χ2n) is 5.11. The van der Waals surface area contributed by atoms with Gasteiger partial charge in [-0.3, -0.25) is 4.79 Å². The summed E-state index contributed by atoms with van der Waals surface area (Å²) in [5, 5.41) is 22.1. The number of carbonyl (C=O) groups excluding carboxylic acids is 1. The Kier molecular flexibility index (Phi) is 4.95.